The second-order valence-electron chi connectivity index (χ2n) is 5.91. The summed E-state index contributed by atoms with van der Waals surface area (Å²) in [6.45, 7) is 1.92. The van der Waals surface area contributed by atoms with Crippen LogP contribution in [0.15, 0.2) is 23.1 Å². The molecule has 0 unspecified atom stereocenters. The SMILES string of the molecule is CC1CCC(CO)(NS(=O)(=O)c2ccc(Cl)cc2N)CC1. The molecule has 0 saturated heterocycles. The van der Waals surface area contributed by atoms with Crippen LogP contribution in [0.5, 0.6) is 0 Å². The highest BCUT2D eigenvalue weighted by Gasteiger charge is 2.38. The average Bonchev–Trinajstić information content (AvgIpc) is 2.41. The van der Waals surface area contributed by atoms with Crippen molar-refractivity contribution in [3.8, 4) is 0 Å². The van der Waals surface area contributed by atoms with Gasteiger partial charge in [0.2, 0.25) is 10.0 Å². The molecule has 2 rings (SSSR count). The van der Waals surface area contributed by atoms with Crippen LogP contribution in [-0.4, -0.2) is 25.7 Å². The Kier molecular flexibility index (Phi) is 4.82. The van der Waals surface area contributed by atoms with Gasteiger partial charge >= 0.3 is 0 Å². The van der Waals surface area contributed by atoms with Gasteiger partial charge in [-0.1, -0.05) is 18.5 Å². The molecule has 4 N–H and O–H groups in total. The summed E-state index contributed by atoms with van der Waals surface area (Å²) in [7, 11) is -3.79. The van der Waals surface area contributed by atoms with E-state index in [1.807, 2.05) is 0 Å². The summed E-state index contributed by atoms with van der Waals surface area (Å²) < 4.78 is 27.7. The zero-order valence-electron chi connectivity index (χ0n) is 12.0. The Morgan fingerprint density at radius 2 is 2.05 bits per heavy atom. The lowest BCUT2D eigenvalue weighted by Crippen LogP contribution is -2.53. The number of halogens is 1. The molecule has 0 aliphatic heterocycles. The van der Waals surface area contributed by atoms with Crippen molar-refractivity contribution in [1.29, 1.82) is 0 Å². The molecule has 21 heavy (non-hydrogen) atoms. The lowest BCUT2D eigenvalue weighted by Gasteiger charge is -2.38. The molecule has 118 valence electrons. The monoisotopic (exact) mass is 332 g/mol. The minimum atomic E-state index is -3.79. The number of hydrogen-bond acceptors (Lipinski definition) is 4. The third-order valence-electron chi connectivity index (χ3n) is 4.15. The van der Waals surface area contributed by atoms with Crippen molar-refractivity contribution in [2.24, 2.45) is 5.92 Å². The van der Waals surface area contributed by atoms with Crippen LogP contribution in [0.25, 0.3) is 0 Å². The van der Waals surface area contributed by atoms with E-state index in [0.717, 1.165) is 12.8 Å². The predicted molar refractivity (Wildman–Crippen MR) is 83.6 cm³/mol. The first-order valence-corrected chi connectivity index (χ1v) is 8.84. The maximum atomic E-state index is 12.5. The summed E-state index contributed by atoms with van der Waals surface area (Å²) >= 11 is 5.79. The van der Waals surface area contributed by atoms with Crippen LogP contribution in [0, 0.1) is 5.92 Å². The molecule has 1 aliphatic carbocycles. The Balaban J connectivity index is 2.27. The van der Waals surface area contributed by atoms with Crippen LogP contribution in [0.4, 0.5) is 5.69 Å². The van der Waals surface area contributed by atoms with Crippen LogP contribution in [0.1, 0.15) is 32.6 Å². The van der Waals surface area contributed by atoms with Gasteiger partial charge in [0.25, 0.3) is 0 Å². The molecule has 0 bridgehead atoms. The normalized spacial score (nSPS) is 26.7. The highest BCUT2D eigenvalue weighted by molar-refractivity contribution is 7.89. The first-order chi connectivity index (χ1) is 9.78. The summed E-state index contributed by atoms with van der Waals surface area (Å²) in [5.41, 5.74) is 5.06. The third-order valence-corrected chi connectivity index (χ3v) is 6.03. The van der Waals surface area contributed by atoms with Crippen molar-refractivity contribution >= 4 is 27.3 Å². The van der Waals surface area contributed by atoms with Crippen LogP contribution >= 0.6 is 11.6 Å². The van der Waals surface area contributed by atoms with E-state index in [1.54, 1.807) is 0 Å². The molecular weight excluding hydrogens is 312 g/mol. The highest BCUT2D eigenvalue weighted by atomic mass is 35.5. The molecule has 0 spiro atoms. The van der Waals surface area contributed by atoms with Crippen LogP contribution in [-0.2, 0) is 10.0 Å². The van der Waals surface area contributed by atoms with Crippen molar-refractivity contribution in [3.05, 3.63) is 23.2 Å². The van der Waals surface area contributed by atoms with E-state index >= 15 is 0 Å². The Morgan fingerprint density at radius 1 is 1.43 bits per heavy atom. The first-order valence-electron chi connectivity index (χ1n) is 6.98. The molecule has 1 aromatic rings. The van der Waals surface area contributed by atoms with E-state index in [2.05, 4.69) is 11.6 Å². The Bertz CT molecular complexity index is 611. The molecule has 1 fully saturated rings. The zero-order valence-corrected chi connectivity index (χ0v) is 13.5. The zero-order chi connectivity index (χ0) is 15.7. The predicted octanol–water partition coefficient (Wildman–Crippen LogP) is 2.14. The van der Waals surface area contributed by atoms with Crippen molar-refractivity contribution < 1.29 is 13.5 Å². The summed E-state index contributed by atoms with van der Waals surface area (Å²) in [6, 6.07) is 4.28. The summed E-state index contributed by atoms with van der Waals surface area (Å²) in [4.78, 5) is -0.00153. The average molecular weight is 333 g/mol. The van der Waals surface area contributed by atoms with Gasteiger partial charge in [0.15, 0.2) is 0 Å². The molecule has 0 aromatic heterocycles. The van der Waals surface area contributed by atoms with E-state index in [4.69, 9.17) is 17.3 Å². The van der Waals surface area contributed by atoms with Crippen molar-refractivity contribution in [2.45, 2.75) is 43.0 Å². The Hall–Kier alpha value is -0.820. The Morgan fingerprint density at radius 3 is 2.57 bits per heavy atom. The smallest absolute Gasteiger partial charge is 0.243 e. The molecular formula is C14H21ClN2O3S. The van der Waals surface area contributed by atoms with Crippen molar-refractivity contribution in [2.75, 3.05) is 12.3 Å². The van der Waals surface area contributed by atoms with Crippen molar-refractivity contribution in [3.63, 3.8) is 0 Å². The van der Waals surface area contributed by atoms with Gasteiger partial charge in [-0.2, -0.15) is 0 Å². The maximum Gasteiger partial charge on any atom is 0.243 e. The number of nitrogens with two attached hydrogens (primary N) is 1. The number of sulfonamides is 1. The molecule has 0 radical (unpaired) electrons. The third kappa shape index (κ3) is 3.69. The van der Waals surface area contributed by atoms with Gasteiger partial charge in [0.05, 0.1) is 17.8 Å². The van der Waals surface area contributed by atoms with Gasteiger partial charge < -0.3 is 10.8 Å². The lowest BCUT2D eigenvalue weighted by atomic mass is 9.78. The van der Waals surface area contributed by atoms with Gasteiger partial charge in [0, 0.05) is 5.02 Å². The fraction of sp³-hybridized carbons (Fsp3) is 0.571. The van der Waals surface area contributed by atoms with E-state index in [9.17, 15) is 13.5 Å². The molecule has 5 nitrogen and oxygen atoms in total. The van der Waals surface area contributed by atoms with E-state index < -0.39 is 15.6 Å². The fourth-order valence-electron chi connectivity index (χ4n) is 2.71. The summed E-state index contributed by atoms with van der Waals surface area (Å²) in [6.07, 6.45) is 3.02. The number of rotatable bonds is 4. The van der Waals surface area contributed by atoms with Gasteiger partial charge in [-0.3, -0.25) is 0 Å². The molecule has 7 heteroatoms. The molecule has 1 aliphatic rings. The fourth-order valence-corrected chi connectivity index (χ4v) is 4.46. The lowest BCUT2D eigenvalue weighted by molar-refractivity contribution is 0.125. The largest absolute Gasteiger partial charge is 0.398 e. The topological polar surface area (TPSA) is 92.4 Å². The minimum Gasteiger partial charge on any atom is -0.398 e. The minimum absolute atomic E-state index is 0.00153. The van der Waals surface area contributed by atoms with E-state index in [1.165, 1.54) is 18.2 Å². The molecule has 0 heterocycles. The Labute approximate surface area is 130 Å². The first kappa shape index (κ1) is 16.5. The van der Waals surface area contributed by atoms with E-state index in [-0.39, 0.29) is 17.2 Å². The maximum absolute atomic E-state index is 12.5. The van der Waals surface area contributed by atoms with Gasteiger partial charge in [-0.05, 0) is 49.8 Å². The number of nitrogens with one attached hydrogen (secondary N) is 1. The van der Waals surface area contributed by atoms with E-state index in [0.29, 0.717) is 23.8 Å². The van der Waals surface area contributed by atoms with Gasteiger partial charge in [-0.15, -0.1) is 0 Å². The number of benzene rings is 1. The van der Waals surface area contributed by atoms with Crippen LogP contribution < -0.4 is 10.5 Å². The molecule has 1 aromatic carbocycles. The van der Waals surface area contributed by atoms with Gasteiger partial charge in [-0.25, -0.2) is 13.1 Å². The number of hydrogen-bond donors (Lipinski definition) is 3. The molecule has 0 amide bonds. The number of nitrogen functional groups attached to an aromatic ring is 1. The summed E-state index contributed by atoms with van der Waals surface area (Å²) in [5.74, 6) is 0.551. The van der Waals surface area contributed by atoms with Gasteiger partial charge in [0.1, 0.15) is 4.90 Å². The molecule has 0 atom stereocenters. The number of aliphatic hydroxyl groups is 1. The van der Waals surface area contributed by atoms with Crippen molar-refractivity contribution in [1.82, 2.24) is 4.72 Å². The van der Waals surface area contributed by atoms with Crippen LogP contribution in [0.2, 0.25) is 5.02 Å². The standard InChI is InChI=1S/C14H21ClN2O3S/c1-10-4-6-14(9-18,7-5-10)17-21(19,20)13-3-2-11(15)8-12(13)16/h2-3,8,10,17-18H,4-7,9,16H2,1H3. The second-order valence-corrected chi connectivity index (χ2v) is 8.00. The summed E-state index contributed by atoms with van der Waals surface area (Å²) in [5, 5.41) is 10.1. The second kappa shape index (κ2) is 6.12. The number of anilines is 1. The quantitative estimate of drug-likeness (QED) is 0.736. The molecule has 1 saturated carbocycles. The highest BCUT2D eigenvalue weighted by Crippen LogP contribution is 2.33. The van der Waals surface area contributed by atoms with Crippen LogP contribution in [0.3, 0.4) is 0 Å². The number of aliphatic hydroxyl groups excluding tert-OH is 1.